The number of carbonyl (C=O) groups excluding carboxylic acids is 1. The van der Waals surface area contributed by atoms with Crippen LogP contribution in [0.5, 0.6) is 17.2 Å². The summed E-state index contributed by atoms with van der Waals surface area (Å²) in [6.45, 7) is 0.534. The van der Waals surface area contributed by atoms with Crippen LogP contribution in [0.1, 0.15) is 15.9 Å². The molecule has 0 radical (unpaired) electrons. The van der Waals surface area contributed by atoms with Crippen molar-refractivity contribution >= 4 is 17.6 Å². The van der Waals surface area contributed by atoms with Crippen molar-refractivity contribution in [1.82, 2.24) is 10.3 Å². The number of nitrogens with one attached hydrogen (secondary N) is 2. The maximum absolute atomic E-state index is 12.8. The number of hydrogen-bond donors (Lipinski definition) is 2. The highest BCUT2D eigenvalue weighted by Crippen LogP contribution is 2.34. The monoisotopic (exact) mass is 404 g/mol. The van der Waals surface area contributed by atoms with Gasteiger partial charge in [-0.25, -0.2) is 4.99 Å². The zero-order valence-electron chi connectivity index (χ0n) is 16.3. The number of fused-ring (bicyclic) bond motifs is 1. The van der Waals surface area contributed by atoms with Gasteiger partial charge in [0.15, 0.2) is 11.5 Å². The van der Waals surface area contributed by atoms with E-state index in [4.69, 9.17) is 14.2 Å². The van der Waals surface area contributed by atoms with Gasteiger partial charge >= 0.3 is 0 Å². The van der Waals surface area contributed by atoms with Gasteiger partial charge in [0.2, 0.25) is 12.8 Å². The number of anilines is 1. The number of guanidine groups is 1. The molecule has 30 heavy (non-hydrogen) atoms. The Hall–Kier alpha value is -4.07. The number of carbonyl (C=O) groups is 1. The standard InChI is InChI=1S/C22H20N4O4/c1-28-18-6-2-5-16(10-18)21(27)26-22(24-13-15-4-3-9-23-12-15)25-17-7-8-19-20(11-17)30-14-29-19/h2-12H,13-14H2,1H3,(H2,24,25,26,27). The molecule has 0 fully saturated rings. The van der Waals surface area contributed by atoms with Gasteiger partial charge in [-0.1, -0.05) is 12.1 Å². The molecular formula is C22H20N4O4. The average Bonchev–Trinajstić information content (AvgIpc) is 3.26. The van der Waals surface area contributed by atoms with Gasteiger partial charge in [-0.15, -0.1) is 0 Å². The third-order valence-electron chi connectivity index (χ3n) is 4.34. The number of benzene rings is 2. The third kappa shape index (κ3) is 4.67. The van der Waals surface area contributed by atoms with Gasteiger partial charge in [0.05, 0.1) is 13.7 Å². The van der Waals surface area contributed by atoms with Crippen LogP contribution in [0, 0.1) is 0 Å². The highest BCUT2D eigenvalue weighted by atomic mass is 16.7. The Bertz CT molecular complexity index is 1070. The largest absolute Gasteiger partial charge is 0.497 e. The van der Waals surface area contributed by atoms with Crippen LogP contribution in [0.15, 0.2) is 72.0 Å². The molecule has 3 aromatic rings. The molecule has 2 heterocycles. The van der Waals surface area contributed by atoms with E-state index in [-0.39, 0.29) is 12.7 Å². The molecule has 152 valence electrons. The fourth-order valence-corrected chi connectivity index (χ4v) is 2.83. The Balaban J connectivity index is 1.55. The van der Waals surface area contributed by atoms with Crippen LogP contribution in [0.3, 0.4) is 0 Å². The van der Waals surface area contributed by atoms with E-state index in [2.05, 4.69) is 20.6 Å². The fourth-order valence-electron chi connectivity index (χ4n) is 2.83. The lowest BCUT2D eigenvalue weighted by Gasteiger charge is -2.13. The first kappa shape index (κ1) is 19.3. The van der Waals surface area contributed by atoms with Crippen molar-refractivity contribution in [3.63, 3.8) is 0 Å². The molecule has 0 aliphatic carbocycles. The summed E-state index contributed by atoms with van der Waals surface area (Å²) in [7, 11) is 1.55. The van der Waals surface area contributed by atoms with Gasteiger partial charge in [-0.2, -0.15) is 0 Å². The molecule has 0 unspecified atom stereocenters. The van der Waals surface area contributed by atoms with Crippen LogP contribution in [0.25, 0.3) is 0 Å². The van der Waals surface area contributed by atoms with E-state index in [0.29, 0.717) is 41.0 Å². The van der Waals surface area contributed by atoms with E-state index < -0.39 is 0 Å². The Morgan fingerprint density at radius 2 is 2.03 bits per heavy atom. The molecule has 2 aromatic carbocycles. The second-order valence-corrected chi connectivity index (χ2v) is 6.41. The van der Waals surface area contributed by atoms with Crippen molar-refractivity contribution < 1.29 is 19.0 Å². The van der Waals surface area contributed by atoms with Crippen molar-refractivity contribution in [2.24, 2.45) is 4.99 Å². The number of hydrogen-bond acceptors (Lipinski definition) is 6. The van der Waals surface area contributed by atoms with Crippen molar-refractivity contribution in [3.05, 3.63) is 78.1 Å². The molecule has 8 heteroatoms. The van der Waals surface area contributed by atoms with Crippen LogP contribution >= 0.6 is 0 Å². The van der Waals surface area contributed by atoms with Gasteiger partial charge in [0.1, 0.15) is 5.75 Å². The Morgan fingerprint density at radius 3 is 2.87 bits per heavy atom. The maximum Gasteiger partial charge on any atom is 0.258 e. The molecule has 0 spiro atoms. The molecule has 0 saturated carbocycles. The van der Waals surface area contributed by atoms with Crippen LogP contribution in [-0.4, -0.2) is 30.8 Å². The van der Waals surface area contributed by atoms with Crippen molar-refractivity contribution in [1.29, 1.82) is 0 Å². The molecule has 1 aliphatic rings. The van der Waals surface area contributed by atoms with E-state index in [1.54, 1.807) is 55.9 Å². The van der Waals surface area contributed by atoms with Gasteiger partial charge in [0.25, 0.3) is 5.91 Å². The van der Waals surface area contributed by atoms with Crippen molar-refractivity contribution in [2.45, 2.75) is 6.54 Å². The second kappa shape index (κ2) is 8.95. The predicted octanol–water partition coefficient (Wildman–Crippen LogP) is 3.22. The lowest BCUT2D eigenvalue weighted by molar-refractivity contribution is 0.0976. The Morgan fingerprint density at radius 1 is 1.13 bits per heavy atom. The Labute approximate surface area is 173 Å². The molecule has 1 amide bonds. The first-order chi connectivity index (χ1) is 14.7. The quantitative estimate of drug-likeness (QED) is 0.501. The fraction of sp³-hybridized carbons (Fsp3) is 0.136. The summed E-state index contributed by atoms with van der Waals surface area (Å²) in [4.78, 5) is 21.4. The van der Waals surface area contributed by atoms with Crippen LogP contribution in [-0.2, 0) is 6.54 Å². The predicted molar refractivity (Wildman–Crippen MR) is 112 cm³/mol. The van der Waals surface area contributed by atoms with Gasteiger partial charge in [-0.05, 0) is 42.0 Å². The number of ether oxygens (including phenoxy) is 3. The second-order valence-electron chi connectivity index (χ2n) is 6.41. The Kier molecular flexibility index (Phi) is 5.75. The number of amides is 1. The SMILES string of the molecule is COc1cccc(C(=O)NC(=NCc2cccnc2)Nc2ccc3c(c2)OCO3)c1. The topological polar surface area (TPSA) is 94.1 Å². The summed E-state index contributed by atoms with van der Waals surface area (Å²) in [5.74, 6) is 1.89. The van der Waals surface area contributed by atoms with Gasteiger partial charge in [-0.3, -0.25) is 15.1 Å². The van der Waals surface area contributed by atoms with Gasteiger partial charge in [0, 0.05) is 29.7 Å². The first-order valence-corrected chi connectivity index (χ1v) is 9.27. The molecule has 1 aliphatic heterocycles. The molecule has 0 saturated heterocycles. The summed E-state index contributed by atoms with van der Waals surface area (Å²) in [5.41, 5.74) is 2.07. The summed E-state index contributed by atoms with van der Waals surface area (Å²) in [6, 6.07) is 16.1. The number of nitrogens with zero attached hydrogens (tertiary/aromatic N) is 2. The van der Waals surface area contributed by atoms with E-state index in [1.807, 2.05) is 18.2 Å². The average molecular weight is 404 g/mol. The lowest BCUT2D eigenvalue weighted by atomic mass is 10.2. The summed E-state index contributed by atoms with van der Waals surface area (Å²) in [6.07, 6.45) is 3.43. The molecular weight excluding hydrogens is 384 g/mol. The molecule has 2 N–H and O–H groups in total. The number of rotatable bonds is 5. The first-order valence-electron chi connectivity index (χ1n) is 9.27. The number of methoxy groups -OCH3 is 1. The summed E-state index contributed by atoms with van der Waals surface area (Å²) >= 11 is 0. The smallest absolute Gasteiger partial charge is 0.258 e. The van der Waals surface area contributed by atoms with Gasteiger partial charge < -0.3 is 19.5 Å². The van der Waals surface area contributed by atoms with E-state index >= 15 is 0 Å². The molecule has 0 atom stereocenters. The normalized spacial score (nSPS) is 12.4. The van der Waals surface area contributed by atoms with Crippen LogP contribution in [0.2, 0.25) is 0 Å². The third-order valence-corrected chi connectivity index (χ3v) is 4.34. The minimum Gasteiger partial charge on any atom is -0.497 e. The molecule has 4 rings (SSSR count). The minimum absolute atomic E-state index is 0.188. The lowest BCUT2D eigenvalue weighted by Crippen LogP contribution is -2.36. The van der Waals surface area contributed by atoms with E-state index in [1.165, 1.54) is 0 Å². The zero-order chi connectivity index (χ0) is 20.8. The number of aromatic nitrogens is 1. The zero-order valence-corrected chi connectivity index (χ0v) is 16.3. The maximum atomic E-state index is 12.8. The number of pyridine rings is 1. The molecule has 1 aromatic heterocycles. The van der Waals surface area contributed by atoms with Crippen LogP contribution in [0.4, 0.5) is 5.69 Å². The van der Waals surface area contributed by atoms with E-state index in [0.717, 1.165) is 5.56 Å². The highest BCUT2D eigenvalue weighted by Gasteiger charge is 2.15. The van der Waals surface area contributed by atoms with Crippen molar-refractivity contribution in [3.8, 4) is 17.2 Å². The minimum atomic E-state index is -0.313. The highest BCUT2D eigenvalue weighted by molar-refractivity contribution is 6.10. The number of aliphatic imine (C=N–C) groups is 1. The van der Waals surface area contributed by atoms with E-state index in [9.17, 15) is 4.79 Å². The van der Waals surface area contributed by atoms with Crippen molar-refractivity contribution in [2.75, 3.05) is 19.2 Å². The van der Waals surface area contributed by atoms with Crippen LogP contribution < -0.4 is 24.8 Å². The molecule has 0 bridgehead atoms. The summed E-state index contributed by atoms with van der Waals surface area (Å²) < 4.78 is 15.9. The summed E-state index contributed by atoms with van der Waals surface area (Å²) in [5, 5.41) is 5.96. The molecule has 8 nitrogen and oxygen atoms in total.